The van der Waals surface area contributed by atoms with Crippen molar-refractivity contribution in [3.63, 3.8) is 0 Å². The molecule has 3 aromatic rings. The average Bonchev–Trinajstić information content (AvgIpc) is 3.20. The van der Waals surface area contributed by atoms with Crippen molar-refractivity contribution in [1.29, 1.82) is 0 Å². The summed E-state index contributed by atoms with van der Waals surface area (Å²) in [5.41, 5.74) is 3.81. The van der Waals surface area contributed by atoms with E-state index in [1.54, 1.807) is 0 Å². The number of aromatic amines is 1. The standard InChI is InChI=1S/C23H27N7O2/c31-17-28-7-9-29(10-8-28)22-3-2-20(27-22)18-4-5-24-21(14-18)19-15-25-23(26-16-19)30-6-1-12-32-13-11-30/h2-5,14-17,27H,1,6-13H2. The van der Waals surface area contributed by atoms with Gasteiger partial charge in [0.2, 0.25) is 12.4 Å². The molecule has 3 aromatic heterocycles. The van der Waals surface area contributed by atoms with Gasteiger partial charge in [-0.2, -0.15) is 0 Å². The number of carbonyl (C=O) groups is 1. The summed E-state index contributed by atoms with van der Waals surface area (Å²) in [6, 6.07) is 8.23. The molecule has 9 heteroatoms. The molecule has 0 radical (unpaired) electrons. The minimum Gasteiger partial charge on any atom is -0.380 e. The zero-order valence-electron chi connectivity index (χ0n) is 18.0. The first-order chi connectivity index (χ1) is 15.8. The van der Waals surface area contributed by atoms with E-state index < -0.39 is 0 Å². The Labute approximate surface area is 187 Å². The Kier molecular flexibility index (Phi) is 5.98. The van der Waals surface area contributed by atoms with E-state index in [9.17, 15) is 4.79 Å². The maximum Gasteiger partial charge on any atom is 0.225 e. The molecule has 0 aliphatic carbocycles. The highest BCUT2D eigenvalue weighted by Gasteiger charge is 2.17. The van der Waals surface area contributed by atoms with Crippen LogP contribution in [0.3, 0.4) is 0 Å². The lowest BCUT2D eigenvalue weighted by atomic mass is 10.1. The molecule has 0 atom stereocenters. The second kappa shape index (κ2) is 9.35. The SMILES string of the molecule is O=CN1CCN(c2ccc(-c3ccnc(-c4cnc(N5CCCOCC5)nc4)c3)[nH]2)CC1. The van der Waals surface area contributed by atoms with Crippen molar-refractivity contribution in [2.24, 2.45) is 0 Å². The van der Waals surface area contributed by atoms with Crippen LogP contribution in [0, 0.1) is 0 Å². The van der Waals surface area contributed by atoms with E-state index in [2.05, 4.69) is 47.9 Å². The highest BCUT2D eigenvalue weighted by molar-refractivity contribution is 5.69. The molecule has 0 bridgehead atoms. The fraction of sp³-hybridized carbons (Fsp3) is 0.391. The summed E-state index contributed by atoms with van der Waals surface area (Å²) in [5, 5.41) is 0. The number of carbonyl (C=O) groups excluding carboxylic acids is 1. The second-order valence-electron chi connectivity index (χ2n) is 8.04. The molecular formula is C23H27N7O2. The number of piperazine rings is 1. The van der Waals surface area contributed by atoms with Crippen LogP contribution in [-0.2, 0) is 9.53 Å². The molecule has 0 saturated carbocycles. The second-order valence-corrected chi connectivity index (χ2v) is 8.04. The number of nitrogens with zero attached hydrogens (tertiary/aromatic N) is 6. The highest BCUT2D eigenvalue weighted by atomic mass is 16.5. The van der Waals surface area contributed by atoms with E-state index in [0.717, 1.165) is 93.0 Å². The van der Waals surface area contributed by atoms with Gasteiger partial charge >= 0.3 is 0 Å². The number of rotatable bonds is 5. The highest BCUT2D eigenvalue weighted by Crippen LogP contribution is 2.26. The Morgan fingerprint density at radius 2 is 1.72 bits per heavy atom. The number of H-pyrrole nitrogens is 1. The maximum atomic E-state index is 10.9. The number of nitrogens with one attached hydrogen (secondary N) is 1. The first kappa shape index (κ1) is 20.4. The van der Waals surface area contributed by atoms with Crippen LogP contribution < -0.4 is 9.80 Å². The van der Waals surface area contributed by atoms with Crippen LogP contribution in [-0.4, -0.2) is 83.7 Å². The van der Waals surface area contributed by atoms with E-state index in [1.807, 2.05) is 29.6 Å². The molecule has 2 saturated heterocycles. The van der Waals surface area contributed by atoms with Gasteiger partial charge < -0.3 is 24.4 Å². The number of hydrogen-bond donors (Lipinski definition) is 1. The molecule has 2 aliphatic heterocycles. The molecule has 0 unspecified atom stereocenters. The largest absolute Gasteiger partial charge is 0.380 e. The van der Waals surface area contributed by atoms with Crippen LogP contribution in [0.25, 0.3) is 22.5 Å². The Hall–Kier alpha value is -3.46. The summed E-state index contributed by atoms with van der Waals surface area (Å²) in [6.07, 6.45) is 7.40. The zero-order valence-corrected chi connectivity index (χ0v) is 18.0. The van der Waals surface area contributed by atoms with Crippen LogP contribution in [0.15, 0.2) is 42.9 Å². The lowest BCUT2D eigenvalue weighted by molar-refractivity contribution is -0.118. The van der Waals surface area contributed by atoms with Crippen LogP contribution in [0.5, 0.6) is 0 Å². The average molecular weight is 434 g/mol. The van der Waals surface area contributed by atoms with Gasteiger partial charge in [0, 0.05) is 81.3 Å². The van der Waals surface area contributed by atoms with Crippen molar-refractivity contribution in [3.8, 4) is 22.5 Å². The predicted molar refractivity (Wildman–Crippen MR) is 123 cm³/mol. The van der Waals surface area contributed by atoms with Crippen molar-refractivity contribution in [2.75, 3.05) is 62.3 Å². The molecule has 1 amide bonds. The number of amides is 1. The lowest BCUT2D eigenvalue weighted by Crippen LogP contribution is -2.45. The van der Waals surface area contributed by atoms with Crippen molar-refractivity contribution < 1.29 is 9.53 Å². The van der Waals surface area contributed by atoms with Gasteiger partial charge in [0.15, 0.2) is 0 Å². The van der Waals surface area contributed by atoms with E-state index >= 15 is 0 Å². The third kappa shape index (κ3) is 4.43. The first-order valence-corrected chi connectivity index (χ1v) is 11.0. The van der Waals surface area contributed by atoms with Crippen LogP contribution in [0.4, 0.5) is 11.8 Å². The fourth-order valence-electron chi connectivity index (χ4n) is 4.12. The summed E-state index contributed by atoms with van der Waals surface area (Å²) in [7, 11) is 0. The molecule has 5 heterocycles. The summed E-state index contributed by atoms with van der Waals surface area (Å²) >= 11 is 0. The minimum atomic E-state index is 0.708. The van der Waals surface area contributed by atoms with Crippen molar-refractivity contribution >= 4 is 18.2 Å². The molecular weight excluding hydrogens is 406 g/mol. The molecule has 32 heavy (non-hydrogen) atoms. The summed E-state index contributed by atoms with van der Waals surface area (Å²) in [4.78, 5) is 34.4. The number of ether oxygens (including phenoxy) is 1. The van der Waals surface area contributed by atoms with E-state index in [0.29, 0.717) is 6.61 Å². The third-order valence-corrected chi connectivity index (χ3v) is 5.98. The van der Waals surface area contributed by atoms with Gasteiger partial charge in [-0.15, -0.1) is 0 Å². The number of pyridine rings is 1. The fourth-order valence-corrected chi connectivity index (χ4v) is 4.12. The lowest BCUT2D eigenvalue weighted by Gasteiger charge is -2.33. The van der Waals surface area contributed by atoms with Crippen molar-refractivity contribution in [2.45, 2.75) is 6.42 Å². The van der Waals surface area contributed by atoms with Crippen LogP contribution in [0.2, 0.25) is 0 Å². The number of hydrogen-bond acceptors (Lipinski definition) is 7. The van der Waals surface area contributed by atoms with E-state index in [1.165, 1.54) is 0 Å². The first-order valence-electron chi connectivity index (χ1n) is 11.0. The zero-order chi connectivity index (χ0) is 21.8. The molecule has 2 aliphatic rings. The van der Waals surface area contributed by atoms with Gasteiger partial charge in [-0.1, -0.05) is 0 Å². The Bertz CT molecular complexity index is 1040. The van der Waals surface area contributed by atoms with E-state index in [-0.39, 0.29) is 0 Å². The molecule has 0 spiro atoms. The molecule has 5 rings (SSSR count). The van der Waals surface area contributed by atoms with Gasteiger partial charge in [-0.05, 0) is 30.7 Å². The van der Waals surface area contributed by atoms with Crippen LogP contribution >= 0.6 is 0 Å². The van der Waals surface area contributed by atoms with E-state index in [4.69, 9.17) is 4.74 Å². The Morgan fingerprint density at radius 3 is 2.53 bits per heavy atom. The monoisotopic (exact) mass is 433 g/mol. The topological polar surface area (TPSA) is 90.5 Å². The molecule has 166 valence electrons. The van der Waals surface area contributed by atoms with Crippen molar-refractivity contribution in [3.05, 3.63) is 42.9 Å². The van der Waals surface area contributed by atoms with Gasteiger partial charge in [0.05, 0.1) is 12.3 Å². The molecule has 0 aromatic carbocycles. The van der Waals surface area contributed by atoms with Gasteiger partial charge in [-0.25, -0.2) is 9.97 Å². The van der Waals surface area contributed by atoms with Crippen molar-refractivity contribution in [1.82, 2.24) is 24.8 Å². The van der Waals surface area contributed by atoms with Gasteiger partial charge in [0.1, 0.15) is 5.82 Å². The Balaban J connectivity index is 1.31. The Morgan fingerprint density at radius 1 is 0.875 bits per heavy atom. The summed E-state index contributed by atoms with van der Waals surface area (Å²) < 4.78 is 5.52. The molecule has 2 fully saturated rings. The predicted octanol–water partition coefficient (Wildman–Crippen LogP) is 2.04. The summed E-state index contributed by atoms with van der Waals surface area (Å²) in [6.45, 7) is 6.37. The number of aromatic nitrogens is 4. The normalized spacial score (nSPS) is 17.3. The van der Waals surface area contributed by atoms with Crippen LogP contribution in [0.1, 0.15) is 6.42 Å². The smallest absolute Gasteiger partial charge is 0.225 e. The summed E-state index contributed by atoms with van der Waals surface area (Å²) in [5.74, 6) is 1.80. The molecule has 1 N–H and O–H groups in total. The number of anilines is 2. The van der Waals surface area contributed by atoms with Gasteiger partial charge in [-0.3, -0.25) is 9.78 Å². The van der Waals surface area contributed by atoms with Gasteiger partial charge in [0.25, 0.3) is 0 Å². The molecule has 9 nitrogen and oxygen atoms in total. The maximum absolute atomic E-state index is 10.9. The minimum absolute atomic E-state index is 0.708. The third-order valence-electron chi connectivity index (χ3n) is 5.98. The quantitative estimate of drug-likeness (QED) is 0.616.